The molecule has 0 bridgehead atoms. The van der Waals surface area contributed by atoms with E-state index in [0.717, 1.165) is 12.0 Å². The summed E-state index contributed by atoms with van der Waals surface area (Å²) in [6.45, 7) is 6.59. The predicted molar refractivity (Wildman–Crippen MR) is 80.9 cm³/mol. The average molecular weight is 252 g/mol. The first-order valence-electron chi connectivity index (χ1n) is 6.77. The second-order valence-corrected chi connectivity index (χ2v) is 5.40. The zero-order valence-corrected chi connectivity index (χ0v) is 11.8. The van der Waals surface area contributed by atoms with Crippen molar-refractivity contribution in [2.45, 2.75) is 27.2 Å². The third-order valence-corrected chi connectivity index (χ3v) is 3.34. The minimum atomic E-state index is 0.0621. The van der Waals surface area contributed by atoms with Crippen LogP contribution in [-0.4, -0.2) is 5.78 Å². The number of hydrogen-bond donors (Lipinski definition) is 0. The molecule has 0 N–H and O–H groups in total. The lowest BCUT2D eigenvalue weighted by Gasteiger charge is -2.14. The quantitative estimate of drug-likeness (QED) is 0.781. The molecule has 0 saturated heterocycles. The summed E-state index contributed by atoms with van der Waals surface area (Å²) >= 11 is 0. The van der Waals surface area contributed by atoms with Gasteiger partial charge in [0.25, 0.3) is 0 Å². The van der Waals surface area contributed by atoms with Gasteiger partial charge in [-0.2, -0.15) is 0 Å². The van der Waals surface area contributed by atoms with Gasteiger partial charge < -0.3 is 0 Å². The summed E-state index contributed by atoms with van der Waals surface area (Å²) in [6, 6.07) is 8.53. The number of benzene rings is 1. The highest BCUT2D eigenvalue weighted by Gasteiger charge is 2.09. The van der Waals surface area contributed by atoms with Crippen LogP contribution in [0.1, 0.15) is 31.9 Å². The molecule has 1 aliphatic carbocycles. The van der Waals surface area contributed by atoms with Gasteiger partial charge in [0, 0.05) is 0 Å². The maximum absolute atomic E-state index is 11.2. The first-order chi connectivity index (χ1) is 9.08. The summed E-state index contributed by atoms with van der Waals surface area (Å²) in [5, 5.41) is 0. The molecule has 1 aromatic rings. The van der Waals surface area contributed by atoms with E-state index in [-0.39, 0.29) is 5.78 Å². The van der Waals surface area contributed by atoms with Crippen molar-refractivity contribution in [2.75, 3.05) is 0 Å². The van der Waals surface area contributed by atoms with E-state index in [0.29, 0.717) is 5.92 Å². The Kier molecular flexibility index (Phi) is 4.16. The van der Waals surface area contributed by atoms with Gasteiger partial charge in [-0.3, -0.25) is 4.79 Å². The third kappa shape index (κ3) is 3.31. The van der Waals surface area contributed by atoms with Gasteiger partial charge >= 0.3 is 0 Å². The molecule has 1 aliphatic rings. The van der Waals surface area contributed by atoms with Gasteiger partial charge in [-0.25, -0.2) is 0 Å². The molecule has 1 aromatic carbocycles. The molecule has 0 radical (unpaired) electrons. The first-order valence-corrected chi connectivity index (χ1v) is 6.77. The van der Waals surface area contributed by atoms with E-state index in [4.69, 9.17) is 0 Å². The molecule has 2 rings (SSSR count). The molecular formula is C18H20O. The van der Waals surface area contributed by atoms with E-state index in [2.05, 4.69) is 45.0 Å². The second kappa shape index (κ2) is 5.83. The average Bonchev–Trinajstić information content (AvgIpc) is 2.39. The number of carbonyl (C=O) groups excluding carboxylic acids is 1. The summed E-state index contributed by atoms with van der Waals surface area (Å²) in [7, 11) is 0. The van der Waals surface area contributed by atoms with Crippen LogP contribution in [0.3, 0.4) is 0 Å². The van der Waals surface area contributed by atoms with Crippen LogP contribution >= 0.6 is 0 Å². The van der Waals surface area contributed by atoms with Crippen LogP contribution in [0.15, 0.2) is 54.1 Å². The molecule has 0 aliphatic heterocycles. The fourth-order valence-corrected chi connectivity index (χ4v) is 2.36. The Morgan fingerprint density at radius 1 is 1.05 bits per heavy atom. The molecule has 0 amide bonds. The lowest BCUT2D eigenvalue weighted by Crippen LogP contribution is -2.00. The first kappa shape index (κ1) is 13.5. The molecule has 1 nitrogen and oxygen atoms in total. The van der Waals surface area contributed by atoms with Crippen molar-refractivity contribution >= 4 is 11.4 Å². The fraction of sp³-hybridized carbons (Fsp3) is 0.278. The molecule has 98 valence electrons. The van der Waals surface area contributed by atoms with Crippen molar-refractivity contribution in [1.82, 2.24) is 0 Å². The van der Waals surface area contributed by atoms with Crippen molar-refractivity contribution in [3.8, 4) is 0 Å². The van der Waals surface area contributed by atoms with Crippen molar-refractivity contribution < 1.29 is 4.79 Å². The van der Waals surface area contributed by atoms with E-state index in [1.54, 1.807) is 12.2 Å². The highest BCUT2D eigenvalue weighted by molar-refractivity contribution is 6.02. The zero-order chi connectivity index (χ0) is 13.8. The Balaban J connectivity index is 2.42. The van der Waals surface area contributed by atoms with Gasteiger partial charge in [0.05, 0.1) is 0 Å². The van der Waals surface area contributed by atoms with Gasteiger partial charge in [-0.05, 0) is 53.7 Å². The zero-order valence-electron chi connectivity index (χ0n) is 11.8. The lowest BCUT2D eigenvalue weighted by molar-refractivity contribution is -0.110. The Hall–Kier alpha value is -1.89. The molecule has 0 fully saturated rings. The van der Waals surface area contributed by atoms with E-state index in [9.17, 15) is 4.79 Å². The minimum absolute atomic E-state index is 0.0621. The molecule has 0 aromatic heterocycles. The summed E-state index contributed by atoms with van der Waals surface area (Å²) in [6.07, 6.45) is 8.15. The standard InChI is InChI=1S/C18H20O/c1-13(2)12-16-6-4-5-7-18(16)14(3)15-8-10-17(19)11-9-15/h4-11,13H,12H2,1-3H3. The van der Waals surface area contributed by atoms with Crippen molar-refractivity contribution in [1.29, 1.82) is 0 Å². The van der Waals surface area contributed by atoms with Crippen LogP contribution in [-0.2, 0) is 11.2 Å². The third-order valence-electron chi connectivity index (χ3n) is 3.34. The largest absolute Gasteiger partial charge is 0.290 e. The highest BCUT2D eigenvalue weighted by atomic mass is 16.1. The normalized spacial score (nSPS) is 14.3. The van der Waals surface area contributed by atoms with Crippen molar-refractivity contribution in [3.63, 3.8) is 0 Å². The molecule has 0 atom stereocenters. The highest BCUT2D eigenvalue weighted by Crippen LogP contribution is 2.26. The van der Waals surface area contributed by atoms with Crippen LogP contribution in [0, 0.1) is 5.92 Å². The van der Waals surface area contributed by atoms with Crippen molar-refractivity contribution in [3.05, 3.63) is 65.3 Å². The van der Waals surface area contributed by atoms with E-state index in [1.165, 1.54) is 16.7 Å². The molecule has 19 heavy (non-hydrogen) atoms. The van der Waals surface area contributed by atoms with Crippen molar-refractivity contribution in [2.24, 2.45) is 5.92 Å². The summed E-state index contributed by atoms with van der Waals surface area (Å²) in [5.74, 6) is 0.699. The fourth-order valence-electron chi connectivity index (χ4n) is 2.36. The Morgan fingerprint density at radius 2 is 1.68 bits per heavy atom. The van der Waals surface area contributed by atoms with Crippen LogP contribution in [0.2, 0.25) is 0 Å². The number of hydrogen-bond acceptors (Lipinski definition) is 1. The van der Waals surface area contributed by atoms with Gasteiger partial charge in [0.2, 0.25) is 0 Å². The summed E-state index contributed by atoms with van der Waals surface area (Å²) in [5.41, 5.74) is 5.02. The molecule has 1 heteroatoms. The van der Waals surface area contributed by atoms with E-state index >= 15 is 0 Å². The van der Waals surface area contributed by atoms with Crippen LogP contribution in [0.5, 0.6) is 0 Å². The number of rotatable bonds is 3. The topological polar surface area (TPSA) is 17.1 Å². The molecule has 0 heterocycles. The monoisotopic (exact) mass is 252 g/mol. The smallest absolute Gasteiger partial charge is 0.178 e. The van der Waals surface area contributed by atoms with E-state index in [1.807, 2.05) is 12.2 Å². The number of ketones is 1. The molecule has 0 spiro atoms. The van der Waals surface area contributed by atoms with Gasteiger partial charge in [0.15, 0.2) is 5.78 Å². The number of allylic oxidation sites excluding steroid dienone is 6. The maximum atomic E-state index is 11.2. The summed E-state index contributed by atoms with van der Waals surface area (Å²) in [4.78, 5) is 11.2. The van der Waals surface area contributed by atoms with Crippen LogP contribution in [0.4, 0.5) is 0 Å². The second-order valence-electron chi connectivity index (χ2n) is 5.40. The Bertz CT molecular complexity index is 553. The lowest BCUT2D eigenvalue weighted by atomic mass is 9.91. The van der Waals surface area contributed by atoms with Gasteiger partial charge in [-0.15, -0.1) is 0 Å². The van der Waals surface area contributed by atoms with Gasteiger partial charge in [-0.1, -0.05) is 50.3 Å². The Morgan fingerprint density at radius 3 is 2.32 bits per heavy atom. The summed E-state index contributed by atoms with van der Waals surface area (Å²) < 4.78 is 0. The molecule has 0 unspecified atom stereocenters. The number of carbonyl (C=O) groups is 1. The van der Waals surface area contributed by atoms with Crippen LogP contribution < -0.4 is 0 Å². The van der Waals surface area contributed by atoms with E-state index < -0.39 is 0 Å². The predicted octanol–water partition coefficient (Wildman–Crippen LogP) is 4.35. The molecular weight excluding hydrogens is 232 g/mol. The molecule has 0 saturated carbocycles. The maximum Gasteiger partial charge on any atom is 0.178 e. The Labute approximate surface area is 115 Å². The SMILES string of the molecule is CC(=C1C=CC(=O)C=C1)c1ccccc1CC(C)C. The van der Waals surface area contributed by atoms with Crippen LogP contribution in [0.25, 0.3) is 5.57 Å². The minimum Gasteiger partial charge on any atom is -0.290 e. The van der Waals surface area contributed by atoms with Gasteiger partial charge in [0.1, 0.15) is 0 Å².